The molecular weight excluding hydrogens is 434 g/mol. The molecule has 0 saturated carbocycles. The van der Waals surface area contributed by atoms with Gasteiger partial charge in [0.2, 0.25) is 0 Å². The van der Waals surface area contributed by atoms with Gasteiger partial charge in [-0.2, -0.15) is 0 Å². The minimum Gasteiger partial charge on any atom is -0.495 e. The SMILES string of the molecule is COc1ccc(NC2=C(c3cccs3)C(=O)N(c3ccc(F)cc3F)C2=O)cc1Cl. The number of benzene rings is 2. The van der Waals surface area contributed by atoms with Gasteiger partial charge in [-0.15, -0.1) is 11.3 Å². The van der Waals surface area contributed by atoms with Gasteiger partial charge in [0.15, 0.2) is 0 Å². The number of hydrogen-bond donors (Lipinski definition) is 1. The fourth-order valence-electron chi connectivity index (χ4n) is 3.06. The lowest BCUT2D eigenvalue weighted by Crippen LogP contribution is -2.33. The summed E-state index contributed by atoms with van der Waals surface area (Å²) in [5.74, 6) is -2.86. The summed E-state index contributed by atoms with van der Waals surface area (Å²) in [6.07, 6.45) is 0. The average molecular weight is 447 g/mol. The monoisotopic (exact) mass is 446 g/mol. The maximum Gasteiger partial charge on any atom is 0.282 e. The summed E-state index contributed by atoms with van der Waals surface area (Å²) in [5, 5.41) is 4.98. The zero-order chi connectivity index (χ0) is 21.4. The van der Waals surface area contributed by atoms with Gasteiger partial charge in [-0.3, -0.25) is 9.59 Å². The molecule has 0 fully saturated rings. The molecule has 1 aromatic heterocycles. The van der Waals surface area contributed by atoms with E-state index >= 15 is 0 Å². The maximum absolute atomic E-state index is 14.4. The van der Waals surface area contributed by atoms with Crippen molar-refractivity contribution in [1.29, 1.82) is 0 Å². The molecule has 152 valence electrons. The van der Waals surface area contributed by atoms with Gasteiger partial charge < -0.3 is 10.1 Å². The number of nitrogens with zero attached hydrogens (tertiary/aromatic N) is 1. The Balaban J connectivity index is 1.79. The van der Waals surface area contributed by atoms with Crippen molar-refractivity contribution in [3.63, 3.8) is 0 Å². The number of carbonyl (C=O) groups is 2. The van der Waals surface area contributed by atoms with Crippen LogP contribution in [0.2, 0.25) is 5.02 Å². The van der Waals surface area contributed by atoms with Crippen LogP contribution in [0.15, 0.2) is 59.6 Å². The second-order valence-electron chi connectivity index (χ2n) is 6.24. The summed E-state index contributed by atoms with van der Waals surface area (Å²) in [5.41, 5.74) is 0.163. The third kappa shape index (κ3) is 3.44. The predicted octanol–water partition coefficient (Wildman–Crippen LogP) is 5.08. The van der Waals surface area contributed by atoms with Gasteiger partial charge >= 0.3 is 0 Å². The van der Waals surface area contributed by atoms with E-state index in [1.807, 2.05) is 0 Å². The van der Waals surface area contributed by atoms with Crippen LogP contribution in [-0.4, -0.2) is 18.9 Å². The van der Waals surface area contributed by atoms with Gasteiger partial charge in [0.25, 0.3) is 11.8 Å². The Kier molecular flexibility index (Phi) is 5.27. The third-order valence-corrected chi connectivity index (χ3v) is 5.61. The van der Waals surface area contributed by atoms with Gasteiger partial charge in [0, 0.05) is 16.6 Å². The number of anilines is 2. The molecule has 0 aliphatic carbocycles. The number of methoxy groups -OCH3 is 1. The smallest absolute Gasteiger partial charge is 0.282 e. The fraction of sp³-hybridized carbons (Fsp3) is 0.0476. The lowest BCUT2D eigenvalue weighted by molar-refractivity contribution is -0.120. The van der Waals surface area contributed by atoms with E-state index in [-0.39, 0.29) is 17.0 Å². The van der Waals surface area contributed by atoms with Crippen LogP contribution in [-0.2, 0) is 9.59 Å². The molecule has 0 radical (unpaired) electrons. The van der Waals surface area contributed by atoms with Crippen LogP contribution >= 0.6 is 22.9 Å². The molecule has 0 bridgehead atoms. The van der Waals surface area contributed by atoms with E-state index in [9.17, 15) is 18.4 Å². The van der Waals surface area contributed by atoms with E-state index < -0.39 is 23.4 Å². The van der Waals surface area contributed by atoms with Gasteiger partial charge in [0.1, 0.15) is 23.1 Å². The Bertz CT molecular complexity index is 1190. The normalized spacial score (nSPS) is 13.9. The number of ether oxygens (including phenoxy) is 1. The molecule has 1 aliphatic heterocycles. The highest BCUT2D eigenvalue weighted by Gasteiger charge is 2.41. The van der Waals surface area contributed by atoms with Crippen LogP contribution < -0.4 is 15.0 Å². The third-order valence-electron chi connectivity index (χ3n) is 4.42. The fourth-order valence-corrected chi connectivity index (χ4v) is 4.09. The minimum atomic E-state index is -1.02. The quantitative estimate of drug-likeness (QED) is 0.555. The number of rotatable bonds is 5. The molecule has 5 nitrogen and oxygen atoms in total. The van der Waals surface area contributed by atoms with Crippen molar-refractivity contribution in [1.82, 2.24) is 0 Å². The summed E-state index contributed by atoms with van der Waals surface area (Å²) >= 11 is 7.41. The lowest BCUT2D eigenvalue weighted by atomic mass is 10.2. The molecule has 0 saturated heterocycles. The zero-order valence-corrected chi connectivity index (χ0v) is 17.0. The largest absolute Gasteiger partial charge is 0.495 e. The van der Waals surface area contributed by atoms with Crippen molar-refractivity contribution < 1.29 is 23.1 Å². The average Bonchev–Trinajstić information content (AvgIpc) is 3.30. The number of hydrogen-bond acceptors (Lipinski definition) is 5. The Hall–Kier alpha value is -3.23. The first-order valence-corrected chi connectivity index (χ1v) is 9.89. The van der Waals surface area contributed by atoms with Crippen LogP contribution in [0.4, 0.5) is 20.2 Å². The van der Waals surface area contributed by atoms with Crippen molar-refractivity contribution in [3.8, 4) is 5.75 Å². The highest BCUT2D eigenvalue weighted by atomic mass is 35.5. The highest BCUT2D eigenvalue weighted by molar-refractivity contribution is 7.11. The van der Waals surface area contributed by atoms with Gasteiger partial charge in [0.05, 0.1) is 23.4 Å². The zero-order valence-electron chi connectivity index (χ0n) is 15.4. The van der Waals surface area contributed by atoms with Gasteiger partial charge in [-0.05, 0) is 41.8 Å². The van der Waals surface area contributed by atoms with E-state index in [4.69, 9.17) is 16.3 Å². The van der Waals surface area contributed by atoms with E-state index in [0.717, 1.165) is 12.1 Å². The number of halogens is 3. The Labute approximate surface area is 179 Å². The van der Waals surface area contributed by atoms with Gasteiger partial charge in [-0.25, -0.2) is 13.7 Å². The number of thiophene rings is 1. The van der Waals surface area contributed by atoms with Crippen LogP contribution in [0.3, 0.4) is 0 Å². The molecule has 0 spiro atoms. The van der Waals surface area contributed by atoms with Crippen molar-refractivity contribution >= 4 is 51.7 Å². The summed E-state index contributed by atoms with van der Waals surface area (Å²) in [4.78, 5) is 27.5. The first-order valence-electron chi connectivity index (χ1n) is 8.63. The first-order chi connectivity index (χ1) is 14.4. The second-order valence-corrected chi connectivity index (χ2v) is 7.60. The molecule has 2 aromatic carbocycles. The molecule has 3 aromatic rings. The standard InChI is InChI=1S/C21H13ClF2N2O3S/c1-29-16-7-5-12(10-13(16)22)25-19-18(17-3-2-8-30-17)20(27)26(21(19)28)15-6-4-11(23)9-14(15)24/h2-10,25H,1H3. The van der Waals surface area contributed by atoms with Crippen LogP contribution in [0.25, 0.3) is 5.57 Å². The highest BCUT2D eigenvalue weighted by Crippen LogP contribution is 2.37. The molecule has 9 heteroatoms. The number of amides is 2. The summed E-state index contributed by atoms with van der Waals surface area (Å²) in [6.45, 7) is 0. The first kappa shape index (κ1) is 20.1. The number of carbonyl (C=O) groups excluding carboxylic acids is 2. The van der Waals surface area contributed by atoms with Gasteiger partial charge in [-0.1, -0.05) is 17.7 Å². The summed E-state index contributed by atoms with van der Waals surface area (Å²) < 4.78 is 32.8. The molecule has 30 heavy (non-hydrogen) atoms. The topological polar surface area (TPSA) is 58.6 Å². The Morgan fingerprint density at radius 2 is 1.87 bits per heavy atom. The van der Waals surface area contributed by atoms with Crippen molar-refractivity contribution in [2.75, 3.05) is 17.3 Å². The van der Waals surface area contributed by atoms with Crippen molar-refractivity contribution in [2.45, 2.75) is 0 Å². The second kappa shape index (κ2) is 7.89. The molecule has 1 N–H and O–H groups in total. The molecule has 2 heterocycles. The van der Waals surface area contributed by atoms with E-state index in [1.54, 1.807) is 35.7 Å². The number of imide groups is 1. The van der Waals surface area contributed by atoms with E-state index in [1.165, 1.54) is 18.4 Å². The molecule has 2 amide bonds. The van der Waals surface area contributed by atoms with Crippen molar-refractivity contribution in [3.05, 3.63) is 81.1 Å². The predicted molar refractivity (Wildman–Crippen MR) is 112 cm³/mol. The number of nitrogens with one attached hydrogen (secondary N) is 1. The Morgan fingerprint density at radius 3 is 2.50 bits per heavy atom. The van der Waals surface area contributed by atoms with E-state index in [0.29, 0.717) is 32.3 Å². The summed E-state index contributed by atoms with van der Waals surface area (Å²) in [7, 11) is 1.47. The minimum absolute atomic E-state index is 0.0348. The van der Waals surface area contributed by atoms with E-state index in [2.05, 4.69) is 5.32 Å². The molecule has 1 aliphatic rings. The lowest BCUT2D eigenvalue weighted by Gasteiger charge is -2.16. The molecule has 0 unspecified atom stereocenters. The Morgan fingerprint density at radius 1 is 1.07 bits per heavy atom. The van der Waals surface area contributed by atoms with Crippen LogP contribution in [0.5, 0.6) is 5.75 Å². The molecular formula is C21H13ClF2N2O3S. The molecule has 0 atom stereocenters. The molecule has 4 rings (SSSR count). The van der Waals surface area contributed by atoms with Crippen molar-refractivity contribution in [2.24, 2.45) is 0 Å². The maximum atomic E-state index is 14.4. The van der Waals surface area contributed by atoms with Crippen LogP contribution in [0.1, 0.15) is 4.88 Å². The van der Waals surface area contributed by atoms with Crippen LogP contribution in [0, 0.1) is 11.6 Å². The summed E-state index contributed by atoms with van der Waals surface area (Å²) in [6, 6.07) is 10.8.